The van der Waals surface area contributed by atoms with Crippen LogP contribution >= 0.6 is 0 Å². The summed E-state index contributed by atoms with van der Waals surface area (Å²) in [5.41, 5.74) is 9.72. The van der Waals surface area contributed by atoms with E-state index in [2.05, 4.69) is 71.1 Å². The van der Waals surface area contributed by atoms with Gasteiger partial charge in [0.25, 0.3) is 0 Å². The van der Waals surface area contributed by atoms with Crippen LogP contribution < -0.4 is 20.1 Å². The van der Waals surface area contributed by atoms with Gasteiger partial charge in [-0.1, -0.05) is 67.5 Å². The highest BCUT2D eigenvalue weighted by Crippen LogP contribution is 2.63. The van der Waals surface area contributed by atoms with Crippen molar-refractivity contribution in [2.24, 2.45) is 17.8 Å². The van der Waals surface area contributed by atoms with Crippen molar-refractivity contribution < 1.29 is 19.7 Å². The number of benzene rings is 3. The van der Waals surface area contributed by atoms with Crippen LogP contribution in [0.15, 0.2) is 66.7 Å². The molecule has 3 aromatic carbocycles. The van der Waals surface area contributed by atoms with Gasteiger partial charge >= 0.3 is 0 Å². The molecule has 4 N–H and O–H groups in total. The second-order valence-corrected chi connectivity index (χ2v) is 19.6. The van der Waals surface area contributed by atoms with Crippen LogP contribution in [0.2, 0.25) is 0 Å². The molecule has 1 unspecified atom stereocenters. The monoisotopic (exact) mass is 753 g/mol. The maximum Gasteiger partial charge on any atom is 0.165 e. The molecule has 6 bridgehead atoms. The number of ether oxygens (including phenoxy) is 2. The van der Waals surface area contributed by atoms with Gasteiger partial charge in [-0.05, 0) is 144 Å². The standard InChI is InChI=1S/C17H19NO3.C16H19NO.C16H21N/c1-18-7-6-17-10-3-5-13(20)16(17)21-15-12(19)4-2-9(14(15)17)8-11(10)18;1-3-10-9-12-11-4-2-6-14-16(11,7-8-17-12)15(10)13(5-1)18-14;1-2-6-13-12(5-1)11-15-14-7-3-4-8-16(13,14)9-10-17-15/h2-5,10-11,13,16,19-20H,6-8H2,1H3;1,3,5,11-12,14,17H,2,4,6-9H2;1-2,5-6,14-15,17H,3-4,7-11H2/t10-,11+,13-,16-,17-;11-,12+,14?,16+;14-,15+,16-/m000/s1. The van der Waals surface area contributed by atoms with E-state index in [0.717, 1.165) is 37.3 Å². The molecule has 5 aliphatic heterocycles. The Bertz CT molecular complexity index is 2100. The van der Waals surface area contributed by atoms with Crippen LogP contribution in [0.25, 0.3) is 0 Å². The van der Waals surface area contributed by atoms with Crippen molar-refractivity contribution in [3.8, 4) is 17.2 Å². The molecule has 3 aromatic rings. The molecule has 12 atom stereocenters. The molecule has 5 fully saturated rings. The smallest absolute Gasteiger partial charge is 0.165 e. The minimum Gasteiger partial charge on any atom is -0.504 e. The highest BCUT2D eigenvalue weighted by Gasteiger charge is 2.64. The topological polar surface area (TPSA) is 86.2 Å². The molecule has 7 heteroatoms. The zero-order valence-corrected chi connectivity index (χ0v) is 33.0. The summed E-state index contributed by atoms with van der Waals surface area (Å²) >= 11 is 0. The minimum atomic E-state index is -0.594. The Kier molecular flexibility index (Phi) is 7.78. The first-order valence-electron chi connectivity index (χ1n) is 22.4. The summed E-state index contributed by atoms with van der Waals surface area (Å²) in [5, 5.41) is 28.2. The number of nitrogens with zero attached hydrogens (tertiary/aromatic N) is 1. The van der Waals surface area contributed by atoms with Crippen molar-refractivity contribution in [3.05, 3.63) is 100 Å². The number of likely N-dealkylation sites (N-methyl/N-ethyl adjacent to an activating group) is 1. The van der Waals surface area contributed by atoms with E-state index >= 15 is 0 Å². The van der Waals surface area contributed by atoms with Gasteiger partial charge in [-0.3, -0.25) is 0 Å². The number of aliphatic hydroxyl groups is 1. The van der Waals surface area contributed by atoms with E-state index in [4.69, 9.17) is 9.47 Å². The van der Waals surface area contributed by atoms with Crippen molar-refractivity contribution in [1.82, 2.24) is 15.5 Å². The number of nitrogens with one attached hydrogen (secondary N) is 2. The lowest BCUT2D eigenvalue weighted by atomic mass is 9.52. The van der Waals surface area contributed by atoms with Crippen LogP contribution in [-0.4, -0.2) is 78.2 Å². The number of phenolic OH excluding ortho intramolecular Hbond substituents is 1. The molecule has 6 aliphatic carbocycles. The lowest BCUT2D eigenvalue weighted by Gasteiger charge is -2.56. The predicted octanol–water partition coefficient (Wildman–Crippen LogP) is 6.63. The van der Waals surface area contributed by atoms with Crippen molar-refractivity contribution in [2.75, 3.05) is 26.7 Å². The average molecular weight is 754 g/mol. The Morgan fingerprint density at radius 3 is 2.45 bits per heavy atom. The van der Waals surface area contributed by atoms with E-state index in [0.29, 0.717) is 40.7 Å². The first-order valence-corrected chi connectivity index (χ1v) is 22.4. The van der Waals surface area contributed by atoms with E-state index in [-0.39, 0.29) is 17.3 Å². The zero-order valence-electron chi connectivity index (χ0n) is 33.0. The third-order valence-corrected chi connectivity index (χ3v) is 17.6. The van der Waals surface area contributed by atoms with E-state index < -0.39 is 6.10 Å². The Morgan fingerprint density at radius 2 is 1.52 bits per heavy atom. The molecular weight excluding hydrogens is 695 g/mol. The molecule has 0 radical (unpaired) electrons. The van der Waals surface area contributed by atoms with Crippen LogP contribution in [0.1, 0.15) is 97.6 Å². The van der Waals surface area contributed by atoms with Crippen molar-refractivity contribution >= 4 is 0 Å². The first-order chi connectivity index (χ1) is 27.4. The summed E-state index contributed by atoms with van der Waals surface area (Å²) < 4.78 is 12.4. The van der Waals surface area contributed by atoms with Gasteiger partial charge in [-0.2, -0.15) is 0 Å². The number of aromatic hydroxyl groups is 1. The van der Waals surface area contributed by atoms with E-state index in [1.807, 2.05) is 12.1 Å². The van der Waals surface area contributed by atoms with Gasteiger partial charge in [0.05, 0.1) is 0 Å². The van der Waals surface area contributed by atoms with Gasteiger partial charge in [0.15, 0.2) is 11.5 Å². The molecule has 0 amide bonds. The van der Waals surface area contributed by atoms with Crippen LogP contribution in [0.4, 0.5) is 0 Å². The molecule has 5 heterocycles. The summed E-state index contributed by atoms with van der Waals surface area (Å²) in [6.07, 6.45) is 20.6. The molecule has 2 spiro atoms. The maximum absolute atomic E-state index is 10.4. The predicted molar refractivity (Wildman–Crippen MR) is 218 cm³/mol. The van der Waals surface area contributed by atoms with E-state index in [1.54, 1.807) is 28.3 Å². The summed E-state index contributed by atoms with van der Waals surface area (Å²) in [6, 6.07) is 21.7. The third-order valence-electron chi connectivity index (χ3n) is 17.6. The molecule has 14 rings (SSSR count). The number of piperidine rings is 3. The summed E-state index contributed by atoms with van der Waals surface area (Å²) in [4.78, 5) is 2.43. The number of rotatable bonds is 0. The minimum absolute atomic E-state index is 0.160. The molecule has 2 saturated carbocycles. The molecule has 11 aliphatic rings. The Labute approximate surface area is 332 Å². The maximum atomic E-state index is 10.4. The van der Waals surface area contributed by atoms with Crippen molar-refractivity contribution in [2.45, 2.75) is 136 Å². The fraction of sp³-hybridized carbons (Fsp3) is 0.592. The number of hydrogen-bond acceptors (Lipinski definition) is 7. The van der Waals surface area contributed by atoms with Gasteiger partial charge in [0, 0.05) is 51.4 Å². The molecule has 56 heavy (non-hydrogen) atoms. The molecular formula is C49H59N3O4. The van der Waals surface area contributed by atoms with Crippen molar-refractivity contribution in [3.63, 3.8) is 0 Å². The van der Waals surface area contributed by atoms with Crippen LogP contribution in [0.5, 0.6) is 17.2 Å². The Balaban J connectivity index is 0.0000000931. The highest BCUT2D eigenvalue weighted by atomic mass is 16.5. The highest BCUT2D eigenvalue weighted by molar-refractivity contribution is 5.62. The van der Waals surface area contributed by atoms with Crippen molar-refractivity contribution in [1.29, 1.82) is 0 Å². The van der Waals surface area contributed by atoms with Crippen LogP contribution in [0, 0.1) is 17.8 Å². The number of fused-ring (bicyclic) bond motifs is 1. The van der Waals surface area contributed by atoms with Crippen LogP contribution in [-0.2, 0) is 35.5 Å². The number of aliphatic hydroxyl groups excluding tert-OH is 1. The van der Waals surface area contributed by atoms with Crippen LogP contribution in [0.3, 0.4) is 0 Å². The summed E-state index contributed by atoms with van der Waals surface area (Å²) in [6.45, 7) is 3.42. The number of likely N-dealkylation sites (tertiary alicyclic amines) is 1. The lowest BCUT2D eigenvalue weighted by molar-refractivity contribution is -0.0453. The zero-order chi connectivity index (χ0) is 37.4. The number of phenols is 1. The fourth-order valence-corrected chi connectivity index (χ4v) is 15.5. The van der Waals surface area contributed by atoms with E-state index in [9.17, 15) is 10.2 Å². The molecule has 0 aromatic heterocycles. The number of hydrogen-bond donors (Lipinski definition) is 4. The average Bonchev–Trinajstić information content (AvgIpc) is 3.75. The second kappa shape index (κ2) is 12.6. The lowest BCUT2D eigenvalue weighted by Crippen LogP contribution is -2.64. The third kappa shape index (κ3) is 4.55. The molecule has 7 nitrogen and oxygen atoms in total. The van der Waals surface area contributed by atoms with Gasteiger partial charge in [-0.15, -0.1) is 0 Å². The molecule has 294 valence electrons. The largest absolute Gasteiger partial charge is 0.504 e. The fourth-order valence-electron chi connectivity index (χ4n) is 15.5. The van der Waals surface area contributed by atoms with Gasteiger partial charge in [-0.25, -0.2) is 0 Å². The first kappa shape index (κ1) is 34.7. The second-order valence-electron chi connectivity index (χ2n) is 19.6. The van der Waals surface area contributed by atoms with Gasteiger partial charge < -0.3 is 35.2 Å². The van der Waals surface area contributed by atoms with E-state index in [1.165, 1.54) is 101 Å². The van der Waals surface area contributed by atoms with Gasteiger partial charge in [0.1, 0.15) is 24.1 Å². The normalized spacial score (nSPS) is 41.8. The molecule has 3 saturated heterocycles. The van der Waals surface area contributed by atoms with Gasteiger partial charge in [0.2, 0.25) is 0 Å². The Hall–Kier alpha value is -3.36. The quantitative estimate of drug-likeness (QED) is 0.192. The SMILES string of the molecule is CN1CC[C@]23c4c5ccc(O)c4O[C@H]2[C@@H](O)C=C[C@H]3[C@H]1C5.c1cc2c3c(c1)OC1CCC[C@H]4[C@@H](C2)NCC[C@]314.c1ccc2c(c1)C[C@H]1NCC[C@@]23CCCC[C@@H]13. The summed E-state index contributed by atoms with van der Waals surface area (Å²) in [7, 11) is 2.19. The Morgan fingerprint density at radius 1 is 0.714 bits per heavy atom. The summed E-state index contributed by atoms with van der Waals surface area (Å²) in [5.74, 6) is 4.14.